The fraction of sp³-hybridized carbons (Fsp3) is 0.259. The Kier molecular flexibility index (Phi) is 7.57. The van der Waals surface area contributed by atoms with Crippen LogP contribution in [0.15, 0.2) is 66.3 Å². The standard InChI is InChI=1S/C27H26N4O9/c1-26(2)37-22(33)19(23(34)38-26)13-29-17-8-16(21(32)31-12-15-6-5-7-28-11-15)9-18(10-17)30-14-20-24(35)39-27(3,4)40-25(20)36/h5-11,13-14,29-30H,12H2,1-4H3,(H,31,32). The molecule has 208 valence electrons. The van der Waals surface area contributed by atoms with Crippen LogP contribution in [-0.4, -0.2) is 46.3 Å². The molecule has 2 aromatic rings. The predicted octanol–water partition coefficient (Wildman–Crippen LogP) is 2.28. The molecule has 2 aliphatic heterocycles. The van der Waals surface area contributed by atoms with Gasteiger partial charge >= 0.3 is 23.9 Å². The van der Waals surface area contributed by atoms with Crippen LogP contribution in [0.4, 0.5) is 11.4 Å². The topological polar surface area (TPSA) is 171 Å². The highest BCUT2D eigenvalue weighted by Crippen LogP contribution is 2.26. The summed E-state index contributed by atoms with van der Waals surface area (Å²) in [4.78, 5) is 66.1. The molecule has 0 radical (unpaired) electrons. The minimum absolute atomic E-state index is 0.165. The van der Waals surface area contributed by atoms with Gasteiger partial charge in [-0.1, -0.05) is 6.07 Å². The van der Waals surface area contributed by atoms with Gasteiger partial charge in [0.15, 0.2) is 11.1 Å². The van der Waals surface area contributed by atoms with Crippen molar-refractivity contribution in [3.05, 3.63) is 77.4 Å². The number of carbonyl (C=O) groups is 5. The maximum Gasteiger partial charge on any atom is 0.350 e. The summed E-state index contributed by atoms with van der Waals surface area (Å²) < 4.78 is 20.3. The number of cyclic esters (lactones) is 4. The molecule has 0 saturated carbocycles. The number of ether oxygens (including phenoxy) is 4. The van der Waals surface area contributed by atoms with Gasteiger partial charge in [-0.15, -0.1) is 0 Å². The third kappa shape index (κ3) is 6.81. The second kappa shape index (κ2) is 10.9. The quantitative estimate of drug-likeness (QED) is 0.261. The van der Waals surface area contributed by atoms with Crippen molar-refractivity contribution in [2.75, 3.05) is 10.6 Å². The zero-order valence-corrected chi connectivity index (χ0v) is 22.0. The van der Waals surface area contributed by atoms with Crippen molar-refractivity contribution in [1.29, 1.82) is 0 Å². The van der Waals surface area contributed by atoms with Crippen LogP contribution in [0.3, 0.4) is 0 Å². The number of esters is 4. The van der Waals surface area contributed by atoms with Crippen molar-refractivity contribution in [2.45, 2.75) is 45.8 Å². The lowest BCUT2D eigenvalue weighted by Crippen LogP contribution is -2.42. The number of hydrogen-bond donors (Lipinski definition) is 3. The molecule has 1 aromatic carbocycles. The first kappa shape index (κ1) is 27.8. The summed E-state index contributed by atoms with van der Waals surface area (Å²) in [7, 11) is 0. The molecular weight excluding hydrogens is 524 g/mol. The van der Waals surface area contributed by atoms with Gasteiger partial charge in [0, 0.05) is 76.0 Å². The Morgan fingerprint density at radius 1 is 0.800 bits per heavy atom. The number of hydrogen-bond acceptors (Lipinski definition) is 12. The molecule has 0 spiro atoms. The minimum Gasteiger partial charge on any atom is -0.419 e. The van der Waals surface area contributed by atoms with E-state index in [4.69, 9.17) is 18.9 Å². The van der Waals surface area contributed by atoms with Gasteiger partial charge in [-0.05, 0) is 29.8 Å². The molecule has 0 atom stereocenters. The van der Waals surface area contributed by atoms with Crippen LogP contribution in [0, 0.1) is 0 Å². The Hall–Kier alpha value is -5.20. The molecule has 1 amide bonds. The molecule has 3 N–H and O–H groups in total. The summed E-state index contributed by atoms with van der Waals surface area (Å²) in [5.74, 6) is -6.83. The van der Waals surface area contributed by atoms with E-state index >= 15 is 0 Å². The van der Waals surface area contributed by atoms with Gasteiger partial charge in [0.25, 0.3) is 17.5 Å². The summed E-state index contributed by atoms with van der Waals surface area (Å²) in [5.41, 5.74) is 0.687. The number of pyridine rings is 1. The van der Waals surface area contributed by atoms with Crippen molar-refractivity contribution in [3.8, 4) is 0 Å². The highest BCUT2D eigenvalue weighted by molar-refractivity contribution is 6.16. The van der Waals surface area contributed by atoms with E-state index in [0.29, 0.717) is 0 Å². The summed E-state index contributed by atoms with van der Waals surface area (Å²) >= 11 is 0. The largest absolute Gasteiger partial charge is 0.419 e. The summed E-state index contributed by atoms with van der Waals surface area (Å²) in [5, 5.41) is 8.33. The van der Waals surface area contributed by atoms with Crippen LogP contribution in [0.25, 0.3) is 0 Å². The normalized spacial score (nSPS) is 17.5. The van der Waals surface area contributed by atoms with E-state index in [-0.39, 0.29) is 23.5 Å². The Bertz CT molecular complexity index is 1320. The van der Waals surface area contributed by atoms with Crippen molar-refractivity contribution in [2.24, 2.45) is 0 Å². The van der Waals surface area contributed by atoms with E-state index in [1.807, 2.05) is 0 Å². The highest BCUT2D eigenvalue weighted by atomic mass is 16.7. The molecule has 0 aliphatic carbocycles. The predicted molar refractivity (Wildman–Crippen MR) is 138 cm³/mol. The fourth-order valence-corrected chi connectivity index (χ4v) is 3.58. The van der Waals surface area contributed by atoms with Crippen LogP contribution >= 0.6 is 0 Å². The second-order valence-corrected chi connectivity index (χ2v) is 9.61. The zero-order valence-electron chi connectivity index (χ0n) is 22.0. The molecule has 2 fully saturated rings. The van der Waals surface area contributed by atoms with E-state index in [0.717, 1.165) is 18.0 Å². The smallest absolute Gasteiger partial charge is 0.350 e. The number of aromatic nitrogens is 1. The van der Waals surface area contributed by atoms with Gasteiger partial charge in [0.05, 0.1) is 0 Å². The fourth-order valence-electron chi connectivity index (χ4n) is 3.58. The van der Waals surface area contributed by atoms with Gasteiger partial charge in [0.2, 0.25) is 0 Å². The van der Waals surface area contributed by atoms with E-state index in [9.17, 15) is 24.0 Å². The molecule has 4 rings (SSSR count). The van der Waals surface area contributed by atoms with Gasteiger partial charge in [-0.3, -0.25) is 9.78 Å². The Morgan fingerprint density at radius 3 is 1.70 bits per heavy atom. The first-order valence-corrected chi connectivity index (χ1v) is 12.0. The van der Waals surface area contributed by atoms with Crippen LogP contribution < -0.4 is 16.0 Å². The second-order valence-electron chi connectivity index (χ2n) is 9.61. The highest BCUT2D eigenvalue weighted by Gasteiger charge is 2.40. The Morgan fingerprint density at radius 2 is 1.27 bits per heavy atom. The van der Waals surface area contributed by atoms with E-state index in [1.165, 1.54) is 45.9 Å². The molecule has 2 aliphatic rings. The van der Waals surface area contributed by atoms with Crippen molar-refractivity contribution in [3.63, 3.8) is 0 Å². The third-order valence-corrected chi connectivity index (χ3v) is 5.37. The molecule has 0 unspecified atom stereocenters. The minimum atomic E-state index is -1.40. The van der Waals surface area contributed by atoms with Gasteiger partial charge < -0.3 is 34.9 Å². The molecule has 0 bridgehead atoms. The monoisotopic (exact) mass is 550 g/mol. The number of benzene rings is 1. The molecule has 13 heteroatoms. The zero-order chi connectivity index (χ0) is 29.1. The Balaban J connectivity index is 1.59. The SMILES string of the molecule is CC1(C)OC(=O)C(=CNc2cc(NC=C3C(=O)OC(C)(C)OC3=O)cc(C(=O)NCc3cccnc3)c2)C(=O)O1. The van der Waals surface area contributed by atoms with Gasteiger partial charge in [0.1, 0.15) is 0 Å². The average Bonchev–Trinajstić information content (AvgIpc) is 2.85. The van der Waals surface area contributed by atoms with Crippen molar-refractivity contribution in [1.82, 2.24) is 10.3 Å². The molecule has 2 saturated heterocycles. The summed E-state index contributed by atoms with van der Waals surface area (Å²) in [6, 6.07) is 7.95. The van der Waals surface area contributed by atoms with Crippen LogP contribution in [-0.2, 0) is 44.7 Å². The maximum absolute atomic E-state index is 13.0. The van der Waals surface area contributed by atoms with E-state index in [1.54, 1.807) is 24.5 Å². The number of rotatable bonds is 7. The first-order chi connectivity index (χ1) is 18.8. The number of nitrogens with one attached hydrogen (secondary N) is 3. The van der Waals surface area contributed by atoms with Crippen molar-refractivity contribution >= 4 is 41.2 Å². The maximum atomic E-state index is 13.0. The molecule has 40 heavy (non-hydrogen) atoms. The van der Waals surface area contributed by atoms with E-state index < -0.39 is 52.5 Å². The van der Waals surface area contributed by atoms with E-state index in [2.05, 4.69) is 20.9 Å². The molecular formula is C27H26N4O9. The number of amides is 1. The van der Waals surface area contributed by atoms with Crippen molar-refractivity contribution < 1.29 is 42.9 Å². The lowest BCUT2D eigenvalue weighted by Gasteiger charge is -2.29. The summed E-state index contributed by atoms with van der Waals surface area (Å²) in [6.45, 7) is 5.89. The molecule has 3 heterocycles. The number of nitrogens with zero attached hydrogens (tertiary/aromatic N) is 1. The summed E-state index contributed by atoms with van der Waals surface area (Å²) in [6.07, 6.45) is 5.40. The number of anilines is 2. The Labute approximate surface area is 228 Å². The third-order valence-electron chi connectivity index (χ3n) is 5.37. The lowest BCUT2D eigenvalue weighted by atomic mass is 10.1. The lowest BCUT2D eigenvalue weighted by molar-refractivity contribution is -0.224. The van der Waals surface area contributed by atoms with Crippen LogP contribution in [0.5, 0.6) is 0 Å². The molecule has 13 nitrogen and oxygen atoms in total. The average molecular weight is 551 g/mol. The van der Waals surface area contributed by atoms with Gasteiger partial charge in [-0.2, -0.15) is 0 Å². The number of carbonyl (C=O) groups excluding carboxylic acids is 5. The van der Waals surface area contributed by atoms with Crippen LogP contribution in [0.2, 0.25) is 0 Å². The van der Waals surface area contributed by atoms with Crippen LogP contribution in [0.1, 0.15) is 43.6 Å². The first-order valence-electron chi connectivity index (χ1n) is 12.0. The molecule has 1 aromatic heterocycles. The van der Waals surface area contributed by atoms with Gasteiger partial charge in [-0.25, -0.2) is 19.2 Å².